The van der Waals surface area contributed by atoms with Gasteiger partial charge in [-0.15, -0.1) is 0 Å². The molecule has 0 aliphatic carbocycles. The van der Waals surface area contributed by atoms with Crippen molar-refractivity contribution in [2.75, 3.05) is 31.1 Å². The number of piperazine rings is 1. The van der Waals surface area contributed by atoms with Gasteiger partial charge in [-0.1, -0.05) is 0 Å². The summed E-state index contributed by atoms with van der Waals surface area (Å²) in [5.74, 6) is -3.53. The number of halogens is 6. The van der Waals surface area contributed by atoms with Gasteiger partial charge in [-0.25, -0.2) is 19.6 Å². The van der Waals surface area contributed by atoms with E-state index in [1.54, 1.807) is 17.6 Å². The van der Waals surface area contributed by atoms with Crippen molar-refractivity contribution in [1.29, 1.82) is 0 Å². The van der Waals surface area contributed by atoms with Crippen molar-refractivity contribution in [1.82, 2.24) is 19.3 Å². The number of aromatic nitrogens is 3. The van der Waals surface area contributed by atoms with E-state index in [0.29, 0.717) is 0 Å². The largest absolute Gasteiger partial charge is 0.490 e. The zero-order valence-corrected chi connectivity index (χ0v) is 21.1. The van der Waals surface area contributed by atoms with Gasteiger partial charge in [0.1, 0.15) is 5.76 Å². The molecule has 0 saturated carbocycles. The number of thiophene rings is 1. The third-order valence-corrected chi connectivity index (χ3v) is 6.03. The maximum absolute atomic E-state index is 10.6. The van der Waals surface area contributed by atoms with Gasteiger partial charge in [0.05, 0.1) is 24.7 Å². The molecule has 0 unspecified atom stereocenters. The number of rotatable bonds is 4. The van der Waals surface area contributed by atoms with Crippen LogP contribution < -0.4 is 4.90 Å². The number of carbonyl (C=O) groups is 2. The van der Waals surface area contributed by atoms with E-state index >= 15 is 0 Å². The Kier molecular flexibility index (Phi) is 9.75. The van der Waals surface area contributed by atoms with Gasteiger partial charge in [0.15, 0.2) is 11.5 Å². The smallest absolute Gasteiger partial charge is 0.475 e. The third kappa shape index (κ3) is 8.19. The lowest BCUT2D eigenvalue weighted by Gasteiger charge is -2.34. The van der Waals surface area contributed by atoms with Gasteiger partial charge in [-0.3, -0.25) is 9.30 Å². The second-order valence-corrected chi connectivity index (χ2v) is 8.83. The number of imidazole rings is 1. The molecule has 17 heteroatoms. The molecule has 4 aromatic heterocycles. The minimum atomic E-state index is -5.08. The number of carboxylic acid groups (broad SMARTS) is 2. The van der Waals surface area contributed by atoms with Crippen molar-refractivity contribution in [3.8, 4) is 11.3 Å². The zero-order chi connectivity index (χ0) is 29.5. The molecule has 0 radical (unpaired) electrons. The molecule has 2 N–H and O–H groups in total. The maximum Gasteiger partial charge on any atom is 0.490 e. The number of anilines is 1. The number of fused-ring (bicyclic) bond motifs is 1. The summed E-state index contributed by atoms with van der Waals surface area (Å²) >= 11 is 1.70. The van der Waals surface area contributed by atoms with Crippen LogP contribution in [-0.2, 0) is 16.1 Å². The van der Waals surface area contributed by atoms with Gasteiger partial charge in [-0.2, -0.15) is 37.7 Å². The lowest BCUT2D eigenvalue weighted by atomic mass is 10.2. The molecular formula is C23H21F6N5O5S. The summed E-state index contributed by atoms with van der Waals surface area (Å²) in [5, 5.41) is 18.5. The van der Waals surface area contributed by atoms with E-state index in [4.69, 9.17) is 24.2 Å². The molecule has 0 amide bonds. The minimum Gasteiger partial charge on any atom is -0.475 e. The second kappa shape index (κ2) is 12.8. The first kappa shape index (κ1) is 30.4. The zero-order valence-electron chi connectivity index (χ0n) is 20.3. The fourth-order valence-electron chi connectivity index (χ4n) is 3.49. The quantitative estimate of drug-likeness (QED) is 0.326. The number of carboxylic acids is 2. The summed E-state index contributed by atoms with van der Waals surface area (Å²) < 4.78 is 71.1. The Bertz CT molecular complexity index is 1360. The minimum absolute atomic E-state index is 0.865. The number of alkyl halides is 6. The molecule has 0 bridgehead atoms. The van der Waals surface area contributed by atoms with Gasteiger partial charge in [0.2, 0.25) is 0 Å². The first-order chi connectivity index (χ1) is 18.8. The molecule has 0 spiro atoms. The molecule has 1 aliphatic heterocycles. The molecule has 5 heterocycles. The van der Waals surface area contributed by atoms with Crippen LogP contribution in [0.4, 0.5) is 32.2 Å². The Labute approximate surface area is 225 Å². The molecule has 216 valence electrons. The number of hydrogen-bond acceptors (Lipinski definition) is 8. The van der Waals surface area contributed by atoms with Crippen LogP contribution in [0.1, 0.15) is 5.76 Å². The van der Waals surface area contributed by atoms with Crippen LogP contribution in [0.5, 0.6) is 0 Å². The highest BCUT2D eigenvalue weighted by Crippen LogP contribution is 2.27. The Morgan fingerprint density at radius 3 is 2.10 bits per heavy atom. The molecule has 0 atom stereocenters. The summed E-state index contributed by atoms with van der Waals surface area (Å²) in [6, 6.07) is 6.10. The second-order valence-electron chi connectivity index (χ2n) is 8.05. The maximum atomic E-state index is 10.6. The normalized spacial score (nSPS) is 14.2. The Morgan fingerprint density at radius 2 is 1.60 bits per heavy atom. The summed E-state index contributed by atoms with van der Waals surface area (Å²) in [6.07, 6.45) is -2.63. The SMILES string of the molecule is O=C(O)C(F)(F)F.O=C(O)C(F)(F)F.c1coc(CN2CCN(c3nccn4c(-c5ccsc5)cnc34)CC2)c1. The van der Waals surface area contributed by atoms with E-state index in [1.807, 2.05) is 30.7 Å². The van der Waals surface area contributed by atoms with Crippen LogP contribution in [0.2, 0.25) is 0 Å². The molecule has 10 nitrogen and oxygen atoms in total. The average molecular weight is 594 g/mol. The Morgan fingerprint density at radius 1 is 0.975 bits per heavy atom. The van der Waals surface area contributed by atoms with Crippen molar-refractivity contribution >= 4 is 34.7 Å². The summed E-state index contributed by atoms with van der Waals surface area (Å²) in [4.78, 5) is 31.8. The molecule has 1 fully saturated rings. The molecular weight excluding hydrogens is 572 g/mol. The van der Waals surface area contributed by atoms with Crippen molar-refractivity contribution < 1.29 is 50.6 Å². The lowest BCUT2D eigenvalue weighted by molar-refractivity contribution is -0.193. The number of furan rings is 1. The predicted molar refractivity (Wildman–Crippen MR) is 130 cm³/mol. The van der Waals surface area contributed by atoms with Crippen LogP contribution >= 0.6 is 11.3 Å². The standard InChI is InChI=1S/C19H19N5OS.2C2HF3O2/c1-2-16(25-10-1)13-22-6-8-23(9-7-22)18-19-21-12-17(15-3-11-26-14-15)24(19)5-4-20-18;2*3-2(4,5)1(6)7/h1-5,10-12,14H,6-9,13H2;2*(H,6,7). The predicted octanol–water partition coefficient (Wildman–Crippen LogP) is 4.64. The van der Waals surface area contributed by atoms with E-state index in [0.717, 1.165) is 55.6 Å². The van der Waals surface area contributed by atoms with E-state index in [2.05, 4.69) is 41.0 Å². The summed E-state index contributed by atoms with van der Waals surface area (Å²) in [5.41, 5.74) is 3.23. The van der Waals surface area contributed by atoms with E-state index in [1.165, 1.54) is 5.56 Å². The number of nitrogens with zero attached hydrogens (tertiary/aromatic N) is 5. The molecule has 0 aromatic carbocycles. The van der Waals surface area contributed by atoms with Gasteiger partial charge in [0.25, 0.3) is 0 Å². The Balaban J connectivity index is 0.000000263. The fraction of sp³-hybridized carbons (Fsp3) is 0.304. The van der Waals surface area contributed by atoms with Gasteiger partial charge >= 0.3 is 24.3 Å². The summed E-state index contributed by atoms with van der Waals surface area (Å²) in [6.45, 7) is 4.72. The van der Waals surface area contributed by atoms with Crippen LogP contribution in [0, 0.1) is 0 Å². The lowest BCUT2D eigenvalue weighted by Crippen LogP contribution is -2.46. The van der Waals surface area contributed by atoms with Crippen LogP contribution in [0.3, 0.4) is 0 Å². The van der Waals surface area contributed by atoms with Crippen LogP contribution in [0.25, 0.3) is 16.9 Å². The van der Waals surface area contributed by atoms with Gasteiger partial charge in [0, 0.05) is 49.5 Å². The molecule has 40 heavy (non-hydrogen) atoms. The molecule has 4 aromatic rings. The third-order valence-electron chi connectivity index (χ3n) is 5.34. The van der Waals surface area contributed by atoms with Crippen molar-refractivity contribution in [3.63, 3.8) is 0 Å². The van der Waals surface area contributed by atoms with Crippen LogP contribution in [-0.4, -0.2) is 80.0 Å². The van der Waals surface area contributed by atoms with Crippen molar-refractivity contribution in [2.24, 2.45) is 0 Å². The van der Waals surface area contributed by atoms with E-state index in [9.17, 15) is 26.3 Å². The first-order valence-corrected chi connectivity index (χ1v) is 12.2. The monoisotopic (exact) mass is 593 g/mol. The van der Waals surface area contributed by atoms with Gasteiger partial charge in [-0.05, 0) is 23.6 Å². The van der Waals surface area contributed by atoms with Crippen molar-refractivity contribution in [2.45, 2.75) is 18.9 Å². The average Bonchev–Trinajstić information content (AvgIpc) is 3.66. The Hall–Kier alpha value is -4.12. The molecule has 1 aliphatic rings. The number of hydrogen-bond donors (Lipinski definition) is 2. The van der Waals surface area contributed by atoms with Gasteiger partial charge < -0.3 is 19.5 Å². The molecule has 5 rings (SSSR count). The van der Waals surface area contributed by atoms with Crippen LogP contribution in [0.15, 0.2) is 58.2 Å². The highest BCUT2D eigenvalue weighted by Gasteiger charge is 2.38. The highest BCUT2D eigenvalue weighted by molar-refractivity contribution is 7.08. The molecule has 1 saturated heterocycles. The summed E-state index contributed by atoms with van der Waals surface area (Å²) in [7, 11) is 0. The van der Waals surface area contributed by atoms with E-state index in [-0.39, 0.29) is 0 Å². The first-order valence-electron chi connectivity index (χ1n) is 11.2. The fourth-order valence-corrected chi connectivity index (χ4v) is 4.14. The number of aliphatic carboxylic acids is 2. The topological polar surface area (TPSA) is 124 Å². The van der Waals surface area contributed by atoms with Crippen molar-refractivity contribution in [3.05, 3.63) is 59.6 Å². The van der Waals surface area contributed by atoms with E-state index < -0.39 is 24.3 Å². The highest BCUT2D eigenvalue weighted by atomic mass is 32.1.